The summed E-state index contributed by atoms with van der Waals surface area (Å²) in [6, 6.07) is 25.9. The van der Waals surface area contributed by atoms with Gasteiger partial charge in [-0.15, -0.1) is 0 Å². The second-order valence-corrected chi connectivity index (χ2v) is 8.00. The van der Waals surface area contributed by atoms with Gasteiger partial charge in [0.15, 0.2) is 5.17 Å². The van der Waals surface area contributed by atoms with Crippen LogP contribution in [0.3, 0.4) is 0 Å². The Balaban J connectivity index is 1.55. The largest absolute Gasteiger partial charge is 0.497 e. The maximum absolute atomic E-state index is 13.2. The Kier molecular flexibility index (Phi) is 6.33. The fourth-order valence-corrected chi connectivity index (χ4v) is 4.34. The normalized spacial score (nSPS) is 17.1. The van der Waals surface area contributed by atoms with Crippen molar-refractivity contribution in [1.29, 1.82) is 0 Å². The first-order chi connectivity index (χ1) is 15.1. The molecule has 3 aromatic rings. The van der Waals surface area contributed by atoms with Crippen molar-refractivity contribution in [3.63, 3.8) is 0 Å². The predicted octanol–water partition coefficient (Wildman–Crippen LogP) is 4.86. The highest BCUT2D eigenvalue weighted by Gasteiger charge is 2.40. The maximum atomic E-state index is 13.2. The van der Waals surface area contributed by atoms with E-state index < -0.39 is 5.25 Å². The Morgan fingerprint density at radius 1 is 1.03 bits per heavy atom. The zero-order valence-corrected chi connectivity index (χ0v) is 17.7. The quantitative estimate of drug-likeness (QED) is 0.605. The van der Waals surface area contributed by atoms with Crippen molar-refractivity contribution in [1.82, 2.24) is 0 Å². The third-order valence-corrected chi connectivity index (χ3v) is 5.79. The Hall–Kier alpha value is -3.58. The second-order valence-electron chi connectivity index (χ2n) is 6.83. The van der Waals surface area contributed by atoms with Gasteiger partial charge in [-0.05, 0) is 36.4 Å². The van der Waals surface area contributed by atoms with Gasteiger partial charge in [-0.2, -0.15) is 0 Å². The first-order valence-corrected chi connectivity index (χ1v) is 10.7. The monoisotopic (exact) mass is 431 g/mol. The lowest BCUT2D eigenvalue weighted by atomic mass is 10.2. The molecule has 2 amide bonds. The number of carbonyl (C=O) groups excluding carboxylic acids is 2. The van der Waals surface area contributed by atoms with Crippen LogP contribution in [0.25, 0.3) is 0 Å². The molecule has 0 saturated carbocycles. The number of amides is 2. The zero-order valence-electron chi connectivity index (χ0n) is 16.9. The second kappa shape index (κ2) is 9.49. The molecule has 1 aliphatic heterocycles. The van der Waals surface area contributed by atoms with Gasteiger partial charge in [-0.25, -0.2) is 4.99 Å². The van der Waals surface area contributed by atoms with Crippen LogP contribution in [0.15, 0.2) is 89.9 Å². The molecule has 1 aliphatic rings. The van der Waals surface area contributed by atoms with Crippen molar-refractivity contribution in [3.05, 3.63) is 84.9 Å². The molecular weight excluding hydrogens is 410 g/mol. The molecule has 0 radical (unpaired) electrons. The number of aliphatic imine (C=N–C) groups is 1. The summed E-state index contributed by atoms with van der Waals surface area (Å²) >= 11 is 1.30. The molecule has 0 unspecified atom stereocenters. The Morgan fingerprint density at radius 3 is 2.45 bits per heavy atom. The highest BCUT2D eigenvalue weighted by atomic mass is 32.2. The number of benzene rings is 3. The smallest absolute Gasteiger partial charge is 0.247 e. The molecule has 1 fully saturated rings. The average Bonchev–Trinajstić information content (AvgIpc) is 3.09. The lowest BCUT2D eigenvalue weighted by molar-refractivity contribution is -0.121. The van der Waals surface area contributed by atoms with Crippen molar-refractivity contribution in [3.8, 4) is 5.75 Å². The van der Waals surface area contributed by atoms with Gasteiger partial charge in [0.05, 0.1) is 18.5 Å². The molecule has 1 atom stereocenters. The van der Waals surface area contributed by atoms with Crippen LogP contribution in [0.1, 0.15) is 6.42 Å². The molecule has 6 nitrogen and oxygen atoms in total. The van der Waals surface area contributed by atoms with Gasteiger partial charge < -0.3 is 10.1 Å². The van der Waals surface area contributed by atoms with E-state index in [1.807, 2.05) is 60.7 Å². The number of methoxy groups -OCH3 is 1. The summed E-state index contributed by atoms with van der Waals surface area (Å²) in [5.41, 5.74) is 2.10. The first-order valence-electron chi connectivity index (χ1n) is 9.77. The minimum Gasteiger partial charge on any atom is -0.497 e. The van der Waals surface area contributed by atoms with Crippen LogP contribution < -0.4 is 15.0 Å². The number of anilines is 2. The van der Waals surface area contributed by atoms with Crippen LogP contribution in [0, 0.1) is 0 Å². The number of carbonyl (C=O) groups is 2. The Morgan fingerprint density at radius 2 is 1.74 bits per heavy atom. The number of nitrogens with one attached hydrogen (secondary N) is 1. The van der Waals surface area contributed by atoms with Crippen LogP contribution >= 0.6 is 11.8 Å². The highest BCUT2D eigenvalue weighted by Crippen LogP contribution is 2.35. The van der Waals surface area contributed by atoms with Gasteiger partial charge in [0.2, 0.25) is 11.8 Å². The summed E-state index contributed by atoms with van der Waals surface area (Å²) in [7, 11) is 1.57. The standard InChI is InChI=1S/C24H21N3O3S/c1-30-20-14-8-11-18(15-20)25-22(28)16-21-23(29)27(19-12-6-3-7-13-19)24(31-21)26-17-9-4-2-5-10-17/h2-15,21H,16H2,1H3,(H,25,28)/t21-/m0/s1. The molecule has 4 rings (SSSR count). The van der Waals surface area contributed by atoms with Crippen LogP contribution in [0.2, 0.25) is 0 Å². The predicted molar refractivity (Wildman–Crippen MR) is 125 cm³/mol. The molecule has 1 saturated heterocycles. The molecule has 1 heterocycles. The molecule has 0 aromatic heterocycles. The SMILES string of the molecule is COc1cccc(NC(=O)C[C@@H]2SC(=Nc3ccccc3)N(c3ccccc3)C2=O)c1. The van der Waals surface area contributed by atoms with Crippen LogP contribution in [0.4, 0.5) is 17.1 Å². The fourth-order valence-electron chi connectivity index (χ4n) is 3.18. The van der Waals surface area contributed by atoms with Crippen LogP contribution in [0.5, 0.6) is 5.75 Å². The number of hydrogen-bond acceptors (Lipinski definition) is 5. The van der Waals surface area contributed by atoms with Gasteiger partial charge in [0.25, 0.3) is 0 Å². The lowest BCUT2D eigenvalue weighted by Crippen LogP contribution is -2.33. The molecule has 31 heavy (non-hydrogen) atoms. The Labute approximate surface area is 184 Å². The summed E-state index contributed by atoms with van der Waals surface area (Å²) in [6.07, 6.45) is 0.0395. The average molecular weight is 432 g/mol. The lowest BCUT2D eigenvalue weighted by Gasteiger charge is -2.16. The minimum atomic E-state index is -0.562. The molecule has 7 heteroatoms. The number of thioether (sulfide) groups is 1. The van der Waals surface area contributed by atoms with Crippen molar-refractivity contribution in [2.75, 3.05) is 17.3 Å². The van der Waals surface area contributed by atoms with E-state index in [-0.39, 0.29) is 18.2 Å². The van der Waals surface area contributed by atoms with E-state index in [2.05, 4.69) is 10.3 Å². The summed E-state index contributed by atoms with van der Waals surface area (Å²) in [5, 5.41) is 2.84. The molecule has 3 aromatic carbocycles. The molecule has 0 spiro atoms. The fraction of sp³-hybridized carbons (Fsp3) is 0.125. The number of para-hydroxylation sites is 2. The summed E-state index contributed by atoms with van der Waals surface area (Å²) in [6.45, 7) is 0. The van der Waals surface area contributed by atoms with E-state index in [1.165, 1.54) is 11.8 Å². The van der Waals surface area contributed by atoms with E-state index in [4.69, 9.17) is 4.74 Å². The van der Waals surface area contributed by atoms with E-state index >= 15 is 0 Å². The van der Waals surface area contributed by atoms with E-state index in [0.29, 0.717) is 16.6 Å². The van der Waals surface area contributed by atoms with E-state index in [1.54, 1.807) is 36.3 Å². The highest BCUT2D eigenvalue weighted by molar-refractivity contribution is 8.16. The number of amidine groups is 1. The number of nitrogens with zero attached hydrogens (tertiary/aromatic N) is 2. The number of ether oxygens (including phenoxy) is 1. The van der Waals surface area contributed by atoms with Crippen molar-refractivity contribution in [2.24, 2.45) is 4.99 Å². The van der Waals surface area contributed by atoms with Gasteiger partial charge in [-0.3, -0.25) is 14.5 Å². The van der Waals surface area contributed by atoms with Crippen molar-refractivity contribution < 1.29 is 14.3 Å². The topological polar surface area (TPSA) is 71.0 Å². The minimum absolute atomic E-state index is 0.0395. The molecule has 0 aliphatic carbocycles. The first kappa shape index (κ1) is 20.7. The van der Waals surface area contributed by atoms with E-state index in [9.17, 15) is 9.59 Å². The molecule has 1 N–H and O–H groups in total. The van der Waals surface area contributed by atoms with Crippen LogP contribution in [-0.2, 0) is 9.59 Å². The molecular formula is C24H21N3O3S. The molecule has 0 bridgehead atoms. The van der Waals surface area contributed by atoms with Gasteiger partial charge in [-0.1, -0.05) is 54.2 Å². The summed E-state index contributed by atoms with van der Waals surface area (Å²) in [5.74, 6) is 0.247. The number of hydrogen-bond donors (Lipinski definition) is 1. The van der Waals surface area contributed by atoms with Crippen molar-refractivity contribution >= 4 is 45.8 Å². The number of rotatable bonds is 6. The van der Waals surface area contributed by atoms with Gasteiger partial charge in [0, 0.05) is 18.2 Å². The van der Waals surface area contributed by atoms with Crippen LogP contribution in [-0.4, -0.2) is 29.3 Å². The third-order valence-electron chi connectivity index (χ3n) is 4.65. The van der Waals surface area contributed by atoms with Crippen molar-refractivity contribution in [2.45, 2.75) is 11.7 Å². The zero-order chi connectivity index (χ0) is 21.6. The summed E-state index contributed by atoms with van der Waals surface area (Å²) < 4.78 is 5.19. The van der Waals surface area contributed by atoms with E-state index in [0.717, 1.165) is 11.4 Å². The van der Waals surface area contributed by atoms with Gasteiger partial charge >= 0.3 is 0 Å². The maximum Gasteiger partial charge on any atom is 0.247 e. The molecule has 156 valence electrons. The summed E-state index contributed by atoms with van der Waals surface area (Å²) in [4.78, 5) is 32.1. The third kappa shape index (κ3) is 4.95. The van der Waals surface area contributed by atoms with Gasteiger partial charge in [0.1, 0.15) is 11.0 Å². The Bertz CT molecular complexity index is 1100.